The molecule has 0 spiro atoms. The molecular formula is C13H10BrFN2S. The molecule has 0 radical (unpaired) electrons. The minimum atomic E-state index is -0.327. The largest absolute Gasteiger partial charge is 0.389 e. The molecule has 5 heteroatoms. The second kappa shape index (κ2) is 5.46. The van der Waals surface area contributed by atoms with Crippen molar-refractivity contribution in [2.75, 3.05) is 5.32 Å². The Hall–Kier alpha value is -1.46. The van der Waals surface area contributed by atoms with Gasteiger partial charge in [0, 0.05) is 15.7 Å². The first kappa shape index (κ1) is 13.0. The van der Waals surface area contributed by atoms with Crippen LogP contribution < -0.4 is 11.1 Å². The molecule has 0 aliphatic rings. The van der Waals surface area contributed by atoms with Gasteiger partial charge in [0.05, 0.1) is 5.69 Å². The van der Waals surface area contributed by atoms with Gasteiger partial charge >= 0.3 is 0 Å². The van der Waals surface area contributed by atoms with Crippen molar-refractivity contribution in [2.24, 2.45) is 5.73 Å². The van der Waals surface area contributed by atoms with Gasteiger partial charge in [0.25, 0.3) is 0 Å². The lowest BCUT2D eigenvalue weighted by Crippen LogP contribution is -2.12. The van der Waals surface area contributed by atoms with E-state index < -0.39 is 0 Å². The summed E-state index contributed by atoms with van der Waals surface area (Å²) in [4.78, 5) is 0.265. The van der Waals surface area contributed by atoms with Crippen LogP contribution >= 0.6 is 28.1 Å². The molecule has 0 atom stereocenters. The molecule has 0 saturated carbocycles. The van der Waals surface area contributed by atoms with E-state index in [2.05, 4.69) is 21.2 Å². The van der Waals surface area contributed by atoms with E-state index in [1.54, 1.807) is 30.3 Å². The number of rotatable bonds is 3. The first-order valence-electron chi connectivity index (χ1n) is 5.19. The predicted octanol–water partition coefficient (Wildman–Crippen LogP) is 3.97. The third kappa shape index (κ3) is 2.86. The molecule has 0 fully saturated rings. The lowest BCUT2D eigenvalue weighted by molar-refractivity contribution is 0.632. The van der Waals surface area contributed by atoms with Gasteiger partial charge in [-0.15, -0.1) is 0 Å². The van der Waals surface area contributed by atoms with Gasteiger partial charge in [-0.1, -0.05) is 40.3 Å². The fourth-order valence-electron chi connectivity index (χ4n) is 1.54. The third-order valence-corrected chi connectivity index (χ3v) is 3.10. The average molecular weight is 325 g/mol. The first-order valence-corrected chi connectivity index (χ1v) is 6.39. The van der Waals surface area contributed by atoms with Gasteiger partial charge in [-0.3, -0.25) is 0 Å². The Balaban J connectivity index is 2.42. The smallest absolute Gasteiger partial charge is 0.146 e. The summed E-state index contributed by atoms with van der Waals surface area (Å²) in [7, 11) is 0. The molecule has 2 rings (SSSR count). The van der Waals surface area contributed by atoms with E-state index >= 15 is 0 Å². The number of thiocarbonyl (C=S) groups is 1. The Morgan fingerprint density at radius 3 is 2.56 bits per heavy atom. The molecule has 0 aromatic heterocycles. The molecule has 0 amide bonds. The number of hydrogen-bond acceptors (Lipinski definition) is 2. The van der Waals surface area contributed by atoms with Crippen LogP contribution in [0.5, 0.6) is 0 Å². The Morgan fingerprint density at radius 1 is 1.17 bits per heavy atom. The molecule has 2 aromatic rings. The van der Waals surface area contributed by atoms with Crippen LogP contribution in [0.4, 0.5) is 15.8 Å². The van der Waals surface area contributed by atoms with Gasteiger partial charge in [-0.05, 0) is 30.3 Å². The van der Waals surface area contributed by atoms with Crippen molar-refractivity contribution in [3.63, 3.8) is 0 Å². The minimum absolute atomic E-state index is 0.265. The summed E-state index contributed by atoms with van der Waals surface area (Å²) in [6.45, 7) is 0. The summed E-state index contributed by atoms with van der Waals surface area (Å²) in [6.07, 6.45) is 0. The highest BCUT2D eigenvalue weighted by Gasteiger charge is 2.08. The normalized spacial score (nSPS) is 10.1. The van der Waals surface area contributed by atoms with Crippen molar-refractivity contribution in [3.05, 3.63) is 58.3 Å². The predicted molar refractivity (Wildman–Crippen MR) is 79.7 cm³/mol. The molecular weight excluding hydrogens is 315 g/mol. The second-order valence-corrected chi connectivity index (χ2v) is 5.01. The van der Waals surface area contributed by atoms with Crippen LogP contribution in [-0.4, -0.2) is 4.99 Å². The van der Waals surface area contributed by atoms with Crippen LogP contribution in [-0.2, 0) is 0 Å². The highest BCUT2D eigenvalue weighted by Crippen LogP contribution is 2.26. The average Bonchev–Trinajstić information content (AvgIpc) is 2.32. The first-order chi connectivity index (χ1) is 8.58. The summed E-state index contributed by atoms with van der Waals surface area (Å²) in [6, 6.07) is 11.9. The van der Waals surface area contributed by atoms with Crippen molar-refractivity contribution in [3.8, 4) is 0 Å². The fraction of sp³-hybridized carbons (Fsp3) is 0. The standard InChI is InChI=1S/C13H10BrFN2S/c14-8-5-6-9(13(16)18)12(7-8)17-11-4-2-1-3-10(11)15/h1-7,17H,(H2,16,18). The van der Waals surface area contributed by atoms with Crippen LogP contribution in [0.3, 0.4) is 0 Å². The number of nitrogens with two attached hydrogens (primary N) is 1. The van der Waals surface area contributed by atoms with Gasteiger partial charge in [-0.2, -0.15) is 0 Å². The van der Waals surface area contributed by atoms with Crippen molar-refractivity contribution in [2.45, 2.75) is 0 Å². The molecule has 0 unspecified atom stereocenters. The molecule has 0 heterocycles. The van der Waals surface area contributed by atoms with Crippen molar-refractivity contribution in [1.82, 2.24) is 0 Å². The van der Waals surface area contributed by atoms with Crippen LogP contribution in [0, 0.1) is 5.82 Å². The molecule has 0 saturated heterocycles. The SMILES string of the molecule is NC(=S)c1ccc(Br)cc1Nc1ccccc1F. The number of anilines is 2. The topological polar surface area (TPSA) is 38.0 Å². The highest BCUT2D eigenvalue weighted by atomic mass is 79.9. The number of halogens is 2. The molecule has 2 nitrogen and oxygen atoms in total. The van der Waals surface area contributed by atoms with Gasteiger partial charge in [0.2, 0.25) is 0 Å². The molecule has 0 aliphatic heterocycles. The van der Waals surface area contributed by atoms with E-state index in [4.69, 9.17) is 18.0 Å². The second-order valence-electron chi connectivity index (χ2n) is 3.66. The van der Waals surface area contributed by atoms with Gasteiger partial charge < -0.3 is 11.1 Å². The fourth-order valence-corrected chi connectivity index (χ4v) is 2.08. The Morgan fingerprint density at radius 2 is 1.89 bits per heavy atom. The Kier molecular flexibility index (Phi) is 3.93. The zero-order valence-corrected chi connectivity index (χ0v) is 11.7. The van der Waals surface area contributed by atoms with Crippen molar-refractivity contribution in [1.29, 1.82) is 0 Å². The number of nitrogens with one attached hydrogen (secondary N) is 1. The van der Waals surface area contributed by atoms with E-state index in [0.717, 1.165) is 4.47 Å². The van der Waals surface area contributed by atoms with E-state index in [9.17, 15) is 4.39 Å². The van der Waals surface area contributed by atoms with E-state index in [0.29, 0.717) is 16.9 Å². The molecule has 18 heavy (non-hydrogen) atoms. The van der Waals surface area contributed by atoms with Gasteiger partial charge in [-0.25, -0.2) is 4.39 Å². The summed E-state index contributed by atoms with van der Waals surface area (Å²) in [5, 5.41) is 2.99. The summed E-state index contributed by atoms with van der Waals surface area (Å²) in [5.41, 5.74) is 7.37. The van der Waals surface area contributed by atoms with Crippen LogP contribution in [0.25, 0.3) is 0 Å². The van der Waals surface area contributed by atoms with E-state index in [1.807, 2.05) is 6.07 Å². The quantitative estimate of drug-likeness (QED) is 0.839. The third-order valence-electron chi connectivity index (χ3n) is 2.39. The maximum atomic E-state index is 13.6. The zero-order valence-electron chi connectivity index (χ0n) is 9.28. The Labute approximate surface area is 118 Å². The monoisotopic (exact) mass is 324 g/mol. The van der Waals surface area contributed by atoms with Crippen molar-refractivity contribution >= 4 is 44.5 Å². The van der Waals surface area contributed by atoms with Crippen LogP contribution in [0.2, 0.25) is 0 Å². The highest BCUT2D eigenvalue weighted by molar-refractivity contribution is 9.10. The summed E-state index contributed by atoms with van der Waals surface area (Å²) in [5.74, 6) is -0.327. The summed E-state index contributed by atoms with van der Waals surface area (Å²) < 4.78 is 14.4. The van der Waals surface area contributed by atoms with Crippen molar-refractivity contribution < 1.29 is 4.39 Å². The van der Waals surface area contributed by atoms with Gasteiger partial charge in [0.1, 0.15) is 10.8 Å². The Bertz CT molecular complexity index is 601. The minimum Gasteiger partial charge on any atom is -0.389 e. The van der Waals surface area contributed by atoms with E-state index in [-0.39, 0.29) is 10.8 Å². The maximum Gasteiger partial charge on any atom is 0.146 e. The lowest BCUT2D eigenvalue weighted by atomic mass is 10.1. The van der Waals surface area contributed by atoms with Gasteiger partial charge in [0.15, 0.2) is 0 Å². The maximum absolute atomic E-state index is 13.6. The van der Waals surface area contributed by atoms with Crippen LogP contribution in [0.15, 0.2) is 46.9 Å². The molecule has 0 bridgehead atoms. The molecule has 0 aliphatic carbocycles. The number of hydrogen-bond donors (Lipinski definition) is 2. The van der Waals surface area contributed by atoms with Crippen LogP contribution in [0.1, 0.15) is 5.56 Å². The zero-order chi connectivity index (χ0) is 13.1. The molecule has 92 valence electrons. The molecule has 2 aromatic carbocycles. The lowest BCUT2D eigenvalue weighted by Gasteiger charge is -2.12. The number of benzene rings is 2. The van der Waals surface area contributed by atoms with E-state index in [1.165, 1.54) is 6.07 Å². The number of para-hydroxylation sites is 1. The summed E-state index contributed by atoms with van der Waals surface area (Å²) >= 11 is 8.33. The molecule has 3 N–H and O–H groups in total.